The number of aromatic nitrogens is 1. The molecule has 0 atom stereocenters. The SMILES string of the molecule is CN(C)c1ccc(-c2c3ccccc3[n+](C)c3ccccc23)cc1.Cc1ccc(O)cc1S(=O)(=O)[O-]. The first-order valence-electron chi connectivity index (χ1n) is 11.4. The van der Waals surface area contributed by atoms with Gasteiger partial charge in [0.05, 0.1) is 15.7 Å². The molecular formula is C29H28N2O4S. The molecule has 0 spiro atoms. The molecule has 0 unspecified atom stereocenters. The molecule has 5 rings (SSSR count). The first-order chi connectivity index (χ1) is 17.1. The van der Waals surface area contributed by atoms with Crippen LogP contribution < -0.4 is 9.47 Å². The quantitative estimate of drug-likeness (QED) is 0.210. The van der Waals surface area contributed by atoms with E-state index in [1.54, 1.807) is 0 Å². The Morgan fingerprint density at radius 3 is 1.81 bits per heavy atom. The number of hydrogen-bond donors (Lipinski definition) is 1. The number of aryl methyl sites for hydroxylation is 2. The van der Waals surface area contributed by atoms with Gasteiger partial charge in [0, 0.05) is 37.5 Å². The van der Waals surface area contributed by atoms with Gasteiger partial charge >= 0.3 is 0 Å². The number of hydrogen-bond acceptors (Lipinski definition) is 5. The number of benzene rings is 4. The lowest BCUT2D eigenvalue weighted by molar-refractivity contribution is -0.617. The van der Waals surface area contributed by atoms with Crippen LogP contribution in [0, 0.1) is 6.92 Å². The summed E-state index contributed by atoms with van der Waals surface area (Å²) >= 11 is 0. The molecule has 36 heavy (non-hydrogen) atoms. The second kappa shape index (κ2) is 9.97. The lowest BCUT2D eigenvalue weighted by Crippen LogP contribution is -2.30. The van der Waals surface area contributed by atoms with Crippen LogP contribution in [0.2, 0.25) is 0 Å². The van der Waals surface area contributed by atoms with Crippen LogP contribution in [0.25, 0.3) is 32.9 Å². The molecule has 4 aromatic carbocycles. The van der Waals surface area contributed by atoms with Gasteiger partial charge in [-0.2, -0.15) is 4.57 Å². The second-order valence-electron chi connectivity index (χ2n) is 8.81. The summed E-state index contributed by atoms with van der Waals surface area (Å²) in [4.78, 5) is 1.76. The molecule has 0 bridgehead atoms. The highest BCUT2D eigenvalue weighted by Crippen LogP contribution is 2.34. The Morgan fingerprint density at radius 2 is 1.33 bits per heavy atom. The summed E-state index contributed by atoms with van der Waals surface area (Å²) in [5.41, 5.74) is 6.63. The van der Waals surface area contributed by atoms with Crippen molar-refractivity contribution in [3.63, 3.8) is 0 Å². The van der Waals surface area contributed by atoms with Gasteiger partial charge in [0.15, 0.2) is 0 Å². The maximum atomic E-state index is 10.5. The molecule has 6 nitrogen and oxygen atoms in total. The molecule has 0 radical (unpaired) electrons. The Bertz CT molecular complexity index is 1600. The van der Waals surface area contributed by atoms with E-state index in [0.29, 0.717) is 5.56 Å². The van der Waals surface area contributed by atoms with Crippen LogP contribution in [0.15, 0.2) is 95.9 Å². The fourth-order valence-electron chi connectivity index (χ4n) is 4.33. The van der Waals surface area contributed by atoms with Gasteiger partial charge < -0.3 is 14.6 Å². The van der Waals surface area contributed by atoms with Gasteiger partial charge in [-0.25, -0.2) is 8.42 Å². The highest BCUT2D eigenvalue weighted by Gasteiger charge is 2.18. The zero-order chi connectivity index (χ0) is 26.0. The summed E-state index contributed by atoms with van der Waals surface area (Å²) in [6.07, 6.45) is 0. The number of para-hydroxylation sites is 2. The highest BCUT2D eigenvalue weighted by molar-refractivity contribution is 7.85. The minimum atomic E-state index is -4.47. The Morgan fingerprint density at radius 1 is 0.806 bits per heavy atom. The van der Waals surface area contributed by atoms with Crippen molar-refractivity contribution in [2.24, 2.45) is 7.05 Å². The number of anilines is 1. The molecule has 1 N–H and O–H groups in total. The molecule has 184 valence electrons. The molecule has 0 aliphatic heterocycles. The lowest BCUT2D eigenvalue weighted by Gasteiger charge is -2.14. The van der Waals surface area contributed by atoms with Gasteiger partial charge in [-0.05, 0) is 54.4 Å². The third kappa shape index (κ3) is 5.03. The maximum absolute atomic E-state index is 10.5. The average molecular weight is 501 g/mol. The van der Waals surface area contributed by atoms with E-state index in [4.69, 9.17) is 5.11 Å². The number of fused-ring (bicyclic) bond motifs is 2. The topological polar surface area (TPSA) is 84.5 Å². The average Bonchev–Trinajstić information content (AvgIpc) is 2.86. The van der Waals surface area contributed by atoms with E-state index in [-0.39, 0.29) is 10.6 Å². The first kappa shape index (κ1) is 25.2. The summed E-state index contributed by atoms with van der Waals surface area (Å²) < 4.78 is 33.9. The van der Waals surface area contributed by atoms with E-state index in [2.05, 4.69) is 103 Å². The van der Waals surface area contributed by atoms with Crippen LogP contribution in [0.3, 0.4) is 0 Å². The van der Waals surface area contributed by atoms with E-state index in [0.717, 1.165) is 6.07 Å². The van der Waals surface area contributed by atoms with Gasteiger partial charge in [0.25, 0.3) is 0 Å². The van der Waals surface area contributed by atoms with Gasteiger partial charge in [-0.1, -0.05) is 42.5 Å². The molecule has 7 heteroatoms. The molecule has 0 aliphatic rings. The van der Waals surface area contributed by atoms with Gasteiger partial charge in [-0.3, -0.25) is 0 Å². The predicted molar refractivity (Wildman–Crippen MR) is 143 cm³/mol. The molecule has 0 amide bonds. The van der Waals surface area contributed by atoms with Crippen LogP contribution in [-0.2, 0) is 17.2 Å². The van der Waals surface area contributed by atoms with E-state index in [9.17, 15) is 13.0 Å². The summed E-state index contributed by atoms with van der Waals surface area (Å²) in [5, 5.41) is 11.5. The van der Waals surface area contributed by atoms with Crippen molar-refractivity contribution in [3.8, 4) is 16.9 Å². The standard InChI is InChI=1S/C22H21N2.C7H8O4S/c1-23(2)17-14-12-16(13-15-17)22-18-8-4-6-10-20(18)24(3)21-11-7-5-9-19(21)22;1-5-2-3-6(8)4-7(5)12(9,10)11/h4-15H,1-3H3;2-4,8H,1H3,(H,9,10,11)/q+1;/p-1. The molecular weight excluding hydrogens is 472 g/mol. The summed E-state index contributed by atoms with van der Waals surface area (Å²) in [6, 6.07) is 29.7. The third-order valence-electron chi connectivity index (χ3n) is 6.18. The summed E-state index contributed by atoms with van der Waals surface area (Å²) in [7, 11) is 1.82. The van der Waals surface area contributed by atoms with E-state index in [1.165, 1.54) is 57.7 Å². The van der Waals surface area contributed by atoms with Crippen molar-refractivity contribution >= 4 is 37.6 Å². The highest BCUT2D eigenvalue weighted by atomic mass is 32.2. The van der Waals surface area contributed by atoms with Gasteiger partial charge in [0.2, 0.25) is 11.0 Å². The van der Waals surface area contributed by atoms with E-state index in [1.807, 2.05) is 0 Å². The molecule has 0 saturated heterocycles. The molecule has 5 aromatic rings. The fourth-order valence-corrected chi connectivity index (χ4v) is 5.05. The zero-order valence-corrected chi connectivity index (χ0v) is 21.5. The Hall–Kier alpha value is -3.94. The van der Waals surface area contributed by atoms with E-state index >= 15 is 0 Å². The van der Waals surface area contributed by atoms with E-state index < -0.39 is 10.1 Å². The van der Waals surface area contributed by atoms with Crippen molar-refractivity contribution in [2.45, 2.75) is 11.8 Å². The number of pyridine rings is 1. The number of phenolic OH excluding ortho intramolecular Hbond substituents is 1. The van der Waals surface area contributed by atoms with Crippen LogP contribution in [0.4, 0.5) is 5.69 Å². The molecule has 0 aliphatic carbocycles. The minimum absolute atomic E-state index is 0.227. The Balaban J connectivity index is 0.000000214. The number of rotatable bonds is 3. The van der Waals surface area contributed by atoms with Crippen molar-refractivity contribution < 1.29 is 22.6 Å². The van der Waals surface area contributed by atoms with Crippen LogP contribution in [0.5, 0.6) is 5.75 Å². The largest absolute Gasteiger partial charge is 0.744 e. The zero-order valence-electron chi connectivity index (χ0n) is 20.6. The second-order valence-corrected chi connectivity index (χ2v) is 10.2. The predicted octanol–water partition coefficient (Wildman–Crippen LogP) is 5.16. The number of phenols is 1. The van der Waals surface area contributed by atoms with Crippen LogP contribution >= 0.6 is 0 Å². The molecule has 0 fully saturated rings. The lowest BCUT2D eigenvalue weighted by atomic mass is 9.95. The number of aromatic hydroxyl groups is 1. The van der Waals surface area contributed by atoms with Crippen LogP contribution in [-0.4, -0.2) is 32.2 Å². The fraction of sp³-hybridized carbons (Fsp3) is 0.138. The van der Waals surface area contributed by atoms with Crippen molar-refractivity contribution in [1.29, 1.82) is 0 Å². The minimum Gasteiger partial charge on any atom is -0.744 e. The summed E-state index contributed by atoms with van der Waals surface area (Å²) in [6.45, 7) is 1.49. The smallest absolute Gasteiger partial charge is 0.213 e. The van der Waals surface area contributed by atoms with Gasteiger partial charge in [0.1, 0.15) is 22.9 Å². The molecule has 1 aromatic heterocycles. The maximum Gasteiger partial charge on any atom is 0.213 e. The van der Waals surface area contributed by atoms with Gasteiger partial charge in [-0.15, -0.1) is 0 Å². The van der Waals surface area contributed by atoms with Crippen LogP contribution in [0.1, 0.15) is 5.56 Å². The molecule has 1 heterocycles. The van der Waals surface area contributed by atoms with Crippen molar-refractivity contribution in [3.05, 3.63) is 96.6 Å². The Kier molecular flexibility index (Phi) is 6.97. The van der Waals surface area contributed by atoms with Crippen molar-refractivity contribution in [2.75, 3.05) is 19.0 Å². The first-order valence-corrected chi connectivity index (χ1v) is 12.8. The number of nitrogens with zero attached hydrogens (tertiary/aromatic N) is 2. The monoisotopic (exact) mass is 500 g/mol. The summed E-state index contributed by atoms with van der Waals surface area (Å²) in [5.74, 6) is -0.227. The normalized spacial score (nSPS) is 11.2. The van der Waals surface area contributed by atoms with Crippen molar-refractivity contribution in [1.82, 2.24) is 0 Å². The molecule has 0 saturated carbocycles. The Labute approximate surface area is 211 Å². The third-order valence-corrected chi connectivity index (χ3v) is 7.16.